The molecule has 0 saturated heterocycles. The highest BCUT2D eigenvalue weighted by atomic mass is 35.5. The Hall–Kier alpha value is -2.86. The van der Waals surface area contributed by atoms with E-state index in [0.717, 1.165) is 5.69 Å². The monoisotopic (exact) mass is 386 g/mol. The van der Waals surface area contributed by atoms with Crippen LogP contribution in [0.4, 0.5) is 0 Å². The number of nitrogens with zero attached hydrogens (tertiary/aromatic N) is 2. The number of halogens is 1. The number of rotatable bonds is 6. The first-order chi connectivity index (χ1) is 12.9. The van der Waals surface area contributed by atoms with Crippen LogP contribution in [0.25, 0.3) is 5.82 Å². The molecule has 7 heteroatoms. The minimum atomic E-state index is -0.502. The highest BCUT2D eigenvalue weighted by Gasteiger charge is 2.19. The van der Waals surface area contributed by atoms with Crippen molar-refractivity contribution in [2.24, 2.45) is 0 Å². The van der Waals surface area contributed by atoms with Crippen molar-refractivity contribution in [3.63, 3.8) is 0 Å². The lowest BCUT2D eigenvalue weighted by atomic mass is 10.1. The summed E-state index contributed by atoms with van der Waals surface area (Å²) in [4.78, 5) is 24.6. The first-order valence-corrected chi connectivity index (χ1v) is 8.79. The van der Waals surface area contributed by atoms with Crippen molar-refractivity contribution in [3.05, 3.63) is 69.7 Å². The molecule has 0 spiro atoms. The predicted octanol–water partition coefficient (Wildman–Crippen LogP) is 4.01. The summed E-state index contributed by atoms with van der Waals surface area (Å²) in [5, 5.41) is 4.48. The van der Waals surface area contributed by atoms with E-state index in [1.165, 1.54) is 0 Å². The lowest BCUT2D eigenvalue weighted by molar-refractivity contribution is -0.141. The van der Waals surface area contributed by atoms with Crippen LogP contribution >= 0.6 is 11.6 Å². The Morgan fingerprint density at radius 3 is 2.59 bits per heavy atom. The molecular weight excluding hydrogens is 368 g/mol. The summed E-state index contributed by atoms with van der Waals surface area (Å²) >= 11 is 6.04. The minimum Gasteiger partial charge on any atom is -0.457 e. The number of carbonyl (C=O) groups excluding carboxylic acids is 2. The molecule has 2 aromatic heterocycles. The Labute approximate surface area is 161 Å². The van der Waals surface area contributed by atoms with Gasteiger partial charge >= 0.3 is 5.97 Å². The summed E-state index contributed by atoms with van der Waals surface area (Å²) in [6.07, 6.45) is 0.0180. The first kappa shape index (κ1) is 18.9. The molecule has 6 nitrogen and oxygen atoms in total. The van der Waals surface area contributed by atoms with Gasteiger partial charge in [0.1, 0.15) is 5.76 Å². The summed E-state index contributed by atoms with van der Waals surface area (Å²) in [6, 6.07) is 10.6. The summed E-state index contributed by atoms with van der Waals surface area (Å²) in [5.41, 5.74) is 2.70. The van der Waals surface area contributed by atoms with Gasteiger partial charge in [-0.25, -0.2) is 0 Å². The Morgan fingerprint density at radius 1 is 1.19 bits per heavy atom. The second-order valence-electron chi connectivity index (χ2n) is 6.27. The molecule has 0 radical (unpaired) electrons. The zero-order valence-corrected chi connectivity index (χ0v) is 16.0. The fourth-order valence-corrected chi connectivity index (χ4v) is 3.13. The van der Waals surface area contributed by atoms with E-state index in [-0.39, 0.29) is 18.8 Å². The van der Waals surface area contributed by atoms with Gasteiger partial charge in [0, 0.05) is 28.0 Å². The van der Waals surface area contributed by atoms with Crippen molar-refractivity contribution < 1.29 is 18.8 Å². The normalized spacial score (nSPS) is 10.8. The Kier molecular flexibility index (Phi) is 5.46. The predicted molar refractivity (Wildman–Crippen MR) is 100 cm³/mol. The smallest absolute Gasteiger partial charge is 0.310 e. The molecule has 27 heavy (non-hydrogen) atoms. The molecule has 140 valence electrons. The van der Waals surface area contributed by atoms with Crippen LogP contribution in [-0.2, 0) is 16.0 Å². The van der Waals surface area contributed by atoms with Gasteiger partial charge < -0.3 is 9.26 Å². The number of aromatic nitrogens is 2. The topological polar surface area (TPSA) is 74.3 Å². The molecule has 3 aromatic rings. The van der Waals surface area contributed by atoms with E-state index >= 15 is 0 Å². The van der Waals surface area contributed by atoms with Crippen LogP contribution in [0.15, 0.2) is 40.9 Å². The van der Waals surface area contributed by atoms with Gasteiger partial charge in [0.2, 0.25) is 5.78 Å². The second-order valence-corrected chi connectivity index (χ2v) is 6.68. The van der Waals surface area contributed by atoms with E-state index in [0.29, 0.717) is 33.4 Å². The fourth-order valence-electron chi connectivity index (χ4n) is 2.93. The number of hydrogen-bond donors (Lipinski definition) is 0. The molecule has 0 fully saturated rings. The number of Topliss-reactive ketones (excluding diaryl/α,β-unsaturated/α-hetero) is 1. The summed E-state index contributed by atoms with van der Waals surface area (Å²) in [6.45, 7) is 5.16. The zero-order valence-electron chi connectivity index (χ0n) is 15.3. The van der Waals surface area contributed by atoms with Crippen molar-refractivity contribution in [2.45, 2.75) is 27.2 Å². The largest absolute Gasteiger partial charge is 0.457 e. The first-order valence-electron chi connectivity index (χ1n) is 8.41. The Bertz CT molecular complexity index is 1000. The number of benzene rings is 1. The molecule has 0 amide bonds. The fraction of sp³-hybridized carbons (Fsp3) is 0.250. The van der Waals surface area contributed by atoms with E-state index in [1.54, 1.807) is 43.3 Å². The zero-order chi connectivity index (χ0) is 19.6. The molecule has 0 bridgehead atoms. The van der Waals surface area contributed by atoms with Gasteiger partial charge in [-0.05, 0) is 38.5 Å². The average molecular weight is 387 g/mol. The van der Waals surface area contributed by atoms with Gasteiger partial charge in [0.05, 0.1) is 6.42 Å². The molecule has 0 N–H and O–H groups in total. The highest BCUT2D eigenvalue weighted by Crippen LogP contribution is 2.21. The van der Waals surface area contributed by atoms with Crippen molar-refractivity contribution in [3.8, 4) is 5.82 Å². The maximum Gasteiger partial charge on any atom is 0.310 e. The van der Waals surface area contributed by atoms with Gasteiger partial charge in [-0.15, -0.1) is 0 Å². The molecule has 0 aliphatic heterocycles. The highest BCUT2D eigenvalue weighted by molar-refractivity contribution is 6.31. The van der Waals surface area contributed by atoms with E-state index < -0.39 is 5.97 Å². The molecular formula is C20H19ClN2O4. The van der Waals surface area contributed by atoms with Gasteiger partial charge in [-0.3, -0.25) is 14.2 Å². The molecule has 3 rings (SSSR count). The third kappa shape index (κ3) is 4.11. The summed E-state index contributed by atoms with van der Waals surface area (Å²) in [7, 11) is 0. The van der Waals surface area contributed by atoms with Crippen molar-refractivity contribution in [1.29, 1.82) is 0 Å². The summed E-state index contributed by atoms with van der Waals surface area (Å²) in [5.74, 6) is 0.510. The second kappa shape index (κ2) is 7.80. The van der Waals surface area contributed by atoms with Crippen molar-refractivity contribution >= 4 is 23.4 Å². The van der Waals surface area contributed by atoms with E-state index in [1.807, 2.05) is 18.4 Å². The van der Waals surface area contributed by atoms with Crippen LogP contribution in [0, 0.1) is 20.8 Å². The third-order valence-corrected chi connectivity index (χ3v) is 4.60. The molecule has 1 aromatic carbocycles. The number of hydrogen-bond acceptors (Lipinski definition) is 5. The van der Waals surface area contributed by atoms with E-state index in [4.69, 9.17) is 20.9 Å². The molecule has 2 heterocycles. The number of ketones is 1. The minimum absolute atomic E-state index is 0.0180. The number of carbonyl (C=O) groups is 2. The quantitative estimate of drug-likeness (QED) is 0.472. The number of aryl methyl sites for hydroxylation is 2. The standard InChI is InChI=1S/C20H19ClN2O4/c1-12-8-16(14(3)23(12)19-9-13(2)27-22-19)18(24)11-26-20(25)10-15-6-4-5-7-17(15)21/h4-9H,10-11H2,1-3H3. The van der Waals surface area contributed by atoms with E-state index in [2.05, 4.69) is 5.16 Å². The molecule has 0 aliphatic rings. The number of ether oxygens (including phenoxy) is 1. The van der Waals surface area contributed by atoms with Crippen LogP contribution in [0.1, 0.15) is 33.1 Å². The van der Waals surface area contributed by atoms with Gasteiger partial charge in [0.25, 0.3) is 0 Å². The molecule has 0 unspecified atom stereocenters. The van der Waals surface area contributed by atoms with Crippen LogP contribution in [0.3, 0.4) is 0 Å². The van der Waals surface area contributed by atoms with Crippen LogP contribution < -0.4 is 0 Å². The van der Waals surface area contributed by atoms with E-state index in [9.17, 15) is 9.59 Å². The SMILES string of the molecule is Cc1cc(-n2c(C)cc(C(=O)COC(=O)Cc3ccccc3Cl)c2C)no1. The summed E-state index contributed by atoms with van der Waals surface area (Å²) < 4.78 is 12.1. The lowest BCUT2D eigenvalue weighted by Gasteiger charge is -2.07. The maximum absolute atomic E-state index is 12.5. The van der Waals surface area contributed by atoms with Gasteiger partial charge in [-0.1, -0.05) is 35.0 Å². The Morgan fingerprint density at radius 2 is 1.93 bits per heavy atom. The van der Waals surface area contributed by atoms with Crippen LogP contribution in [0.5, 0.6) is 0 Å². The maximum atomic E-state index is 12.5. The number of esters is 1. The lowest BCUT2D eigenvalue weighted by Crippen LogP contribution is -2.16. The average Bonchev–Trinajstić information content (AvgIpc) is 3.17. The van der Waals surface area contributed by atoms with Gasteiger partial charge in [0.15, 0.2) is 12.4 Å². The van der Waals surface area contributed by atoms with Crippen LogP contribution in [0.2, 0.25) is 5.02 Å². The molecule has 0 saturated carbocycles. The van der Waals surface area contributed by atoms with Crippen molar-refractivity contribution in [1.82, 2.24) is 9.72 Å². The molecule has 0 atom stereocenters. The third-order valence-electron chi connectivity index (χ3n) is 4.23. The van der Waals surface area contributed by atoms with Crippen LogP contribution in [-0.4, -0.2) is 28.1 Å². The van der Waals surface area contributed by atoms with Gasteiger partial charge in [-0.2, -0.15) is 0 Å². The Balaban J connectivity index is 1.68. The molecule has 0 aliphatic carbocycles. The van der Waals surface area contributed by atoms with Crippen molar-refractivity contribution in [2.75, 3.05) is 6.61 Å².